The number of sulfonamides is 1. The zero-order valence-electron chi connectivity index (χ0n) is 14.8. The first-order valence-corrected chi connectivity index (χ1v) is 10.6. The van der Waals surface area contributed by atoms with Crippen molar-refractivity contribution in [1.82, 2.24) is 14.2 Å². The average molecular weight is 352 g/mol. The Kier molecular flexibility index (Phi) is 5.57. The second-order valence-corrected chi connectivity index (χ2v) is 9.75. The predicted molar refractivity (Wildman–Crippen MR) is 96.0 cm³/mol. The molecule has 0 unspecified atom stereocenters. The van der Waals surface area contributed by atoms with Crippen LogP contribution in [0.1, 0.15) is 38.7 Å². The van der Waals surface area contributed by atoms with E-state index in [1.165, 1.54) is 5.56 Å². The summed E-state index contributed by atoms with van der Waals surface area (Å²) in [6.07, 6.45) is 6.37. The molecule has 3 heterocycles. The lowest BCUT2D eigenvalue weighted by molar-refractivity contribution is 0.266. The van der Waals surface area contributed by atoms with Crippen LogP contribution in [-0.4, -0.2) is 54.0 Å². The second-order valence-electron chi connectivity index (χ2n) is 7.60. The lowest BCUT2D eigenvalue weighted by Gasteiger charge is -2.22. The minimum atomic E-state index is -3.11. The van der Waals surface area contributed by atoms with Gasteiger partial charge in [-0.15, -0.1) is 0 Å². The van der Waals surface area contributed by atoms with Crippen LogP contribution in [0.5, 0.6) is 0 Å². The first-order valence-electron chi connectivity index (χ1n) is 9.07. The van der Waals surface area contributed by atoms with Gasteiger partial charge in [-0.05, 0) is 55.8 Å². The van der Waals surface area contributed by atoms with Gasteiger partial charge in [-0.3, -0.25) is 9.88 Å². The van der Waals surface area contributed by atoms with Crippen molar-refractivity contribution in [3.05, 3.63) is 30.1 Å². The summed E-state index contributed by atoms with van der Waals surface area (Å²) in [6, 6.07) is 4.04. The quantitative estimate of drug-likeness (QED) is 0.817. The van der Waals surface area contributed by atoms with Gasteiger partial charge in [0.15, 0.2) is 0 Å². The number of hydrogen-bond donors (Lipinski definition) is 0. The second kappa shape index (κ2) is 7.50. The fourth-order valence-electron chi connectivity index (χ4n) is 3.88. The van der Waals surface area contributed by atoms with Crippen molar-refractivity contribution in [3.8, 4) is 0 Å². The van der Waals surface area contributed by atoms with Gasteiger partial charge in [0.25, 0.3) is 0 Å². The van der Waals surface area contributed by atoms with Crippen LogP contribution >= 0.6 is 0 Å². The van der Waals surface area contributed by atoms with Crippen LogP contribution in [-0.2, 0) is 16.6 Å². The molecule has 3 rings (SSSR count). The van der Waals surface area contributed by atoms with E-state index >= 15 is 0 Å². The van der Waals surface area contributed by atoms with E-state index in [4.69, 9.17) is 0 Å². The molecular weight excluding hydrogens is 322 g/mol. The molecule has 0 radical (unpaired) electrons. The highest BCUT2D eigenvalue weighted by Gasteiger charge is 2.46. The third kappa shape index (κ3) is 3.98. The van der Waals surface area contributed by atoms with Crippen LogP contribution in [0.15, 0.2) is 24.5 Å². The molecular formula is C18H29N3O2S. The van der Waals surface area contributed by atoms with Gasteiger partial charge in [0, 0.05) is 32.0 Å². The first-order chi connectivity index (χ1) is 11.5. The molecule has 2 aliphatic rings. The Labute approximate surface area is 146 Å². The maximum absolute atomic E-state index is 12.9. The summed E-state index contributed by atoms with van der Waals surface area (Å²) in [6.45, 7) is 8.41. The largest absolute Gasteiger partial charge is 0.299 e. The Balaban J connectivity index is 1.61. The summed E-state index contributed by atoms with van der Waals surface area (Å²) in [5, 5.41) is -0.177. The van der Waals surface area contributed by atoms with Crippen molar-refractivity contribution in [3.63, 3.8) is 0 Å². The van der Waals surface area contributed by atoms with Gasteiger partial charge in [0.2, 0.25) is 10.0 Å². The van der Waals surface area contributed by atoms with E-state index in [0.717, 1.165) is 45.4 Å². The Morgan fingerprint density at radius 3 is 2.79 bits per heavy atom. The highest BCUT2D eigenvalue weighted by molar-refractivity contribution is 7.90. The summed E-state index contributed by atoms with van der Waals surface area (Å²) in [5.41, 5.74) is 1.20. The Morgan fingerprint density at radius 2 is 2.08 bits per heavy atom. The molecule has 5 nitrogen and oxygen atoms in total. The molecule has 0 amide bonds. The fraction of sp³-hybridized carbons (Fsp3) is 0.722. The van der Waals surface area contributed by atoms with E-state index in [2.05, 4.69) is 29.8 Å². The Bertz CT molecular complexity index is 633. The van der Waals surface area contributed by atoms with E-state index < -0.39 is 10.0 Å². The van der Waals surface area contributed by atoms with Gasteiger partial charge in [0.05, 0.1) is 5.25 Å². The molecule has 2 fully saturated rings. The van der Waals surface area contributed by atoms with Gasteiger partial charge >= 0.3 is 0 Å². The van der Waals surface area contributed by atoms with E-state index in [9.17, 15) is 8.42 Å². The zero-order valence-corrected chi connectivity index (χ0v) is 15.6. The van der Waals surface area contributed by atoms with Crippen molar-refractivity contribution in [2.24, 2.45) is 11.8 Å². The molecule has 0 saturated carbocycles. The molecule has 1 aromatic rings. The molecule has 6 heteroatoms. The Hall–Kier alpha value is -0.980. The molecule has 2 atom stereocenters. The molecule has 2 aliphatic heterocycles. The van der Waals surface area contributed by atoms with Crippen molar-refractivity contribution in [2.75, 3.05) is 26.2 Å². The van der Waals surface area contributed by atoms with Crippen molar-refractivity contribution >= 4 is 10.0 Å². The van der Waals surface area contributed by atoms with Gasteiger partial charge in [-0.1, -0.05) is 19.9 Å². The summed E-state index contributed by atoms with van der Waals surface area (Å²) >= 11 is 0. The molecule has 134 valence electrons. The SMILES string of the molecule is CC(C)CCN1C[C@H]2CCN(Cc3cccnc3)CC[C@H]2S1(=O)=O. The number of aromatic nitrogens is 1. The van der Waals surface area contributed by atoms with Crippen LogP contribution in [0, 0.1) is 11.8 Å². The zero-order chi connectivity index (χ0) is 17.2. The van der Waals surface area contributed by atoms with Crippen LogP contribution in [0.2, 0.25) is 0 Å². The monoisotopic (exact) mass is 351 g/mol. The molecule has 0 aromatic carbocycles. The molecule has 0 N–H and O–H groups in total. The van der Waals surface area contributed by atoms with Crippen LogP contribution in [0.3, 0.4) is 0 Å². The van der Waals surface area contributed by atoms with Crippen molar-refractivity contribution in [1.29, 1.82) is 0 Å². The van der Waals surface area contributed by atoms with Crippen molar-refractivity contribution in [2.45, 2.75) is 44.9 Å². The minimum Gasteiger partial charge on any atom is -0.299 e. The lowest BCUT2D eigenvalue weighted by Crippen LogP contribution is -2.33. The van der Waals surface area contributed by atoms with Gasteiger partial charge in [-0.2, -0.15) is 0 Å². The molecule has 0 aliphatic carbocycles. The predicted octanol–water partition coefficient (Wildman–Crippen LogP) is 2.35. The highest BCUT2D eigenvalue weighted by Crippen LogP contribution is 2.34. The van der Waals surface area contributed by atoms with Crippen LogP contribution in [0.25, 0.3) is 0 Å². The lowest BCUT2D eigenvalue weighted by atomic mass is 10.0. The molecule has 24 heavy (non-hydrogen) atoms. The third-order valence-corrected chi connectivity index (χ3v) is 7.77. The van der Waals surface area contributed by atoms with Crippen molar-refractivity contribution < 1.29 is 8.42 Å². The summed E-state index contributed by atoms with van der Waals surface area (Å²) < 4.78 is 27.5. The molecule has 2 saturated heterocycles. The maximum atomic E-state index is 12.9. The number of pyridine rings is 1. The van der Waals surface area contributed by atoms with Crippen LogP contribution < -0.4 is 0 Å². The molecule has 0 bridgehead atoms. The smallest absolute Gasteiger partial charge is 0.217 e. The van der Waals surface area contributed by atoms with Gasteiger partial charge in [-0.25, -0.2) is 12.7 Å². The van der Waals surface area contributed by atoms with E-state index in [1.54, 1.807) is 10.5 Å². The minimum absolute atomic E-state index is 0.177. The van der Waals surface area contributed by atoms with Gasteiger partial charge < -0.3 is 0 Å². The maximum Gasteiger partial charge on any atom is 0.217 e. The number of nitrogens with zero attached hydrogens (tertiary/aromatic N) is 3. The molecule has 1 aromatic heterocycles. The average Bonchev–Trinajstić information content (AvgIpc) is 2.68. The van der Waals surface area contributed by atoms with Gasteiger partial charge in [0.1, 0.15) is 0 Å². The number of rotatable bonds is 5. The number of likely N-dealkylation sites (tertiary alicyclic amines) is 1. The molecule has 0 spiro atoms. The summed E-state index contributed by atoms with van der Waals surface area (Å²) in [4.78, 5) is 6.55. The van der Waals surface area contributed by atoms with E-state index in [-0.39, 0.29) is 5.25 Å². The topological polar surface area (TPSA) is 53.5 Å². The van der Waals surface area contributed by atoms with E-state index in [0.29, 0.717) is 18.4 Å². The third-order valence-electron chi connectivity index (χ3n) is 5.34. The first kappa shape index (κ1) is 17.8. The number of hydrogen-bond acceptors (Lipinski definition) is 4. The standard InChI is InChI=1S/C18H29N3O2S/c1-15(2)5-11-21-14-17-6-9-20(10-7-18(17)24(21,22)23)13-16-4-3-8-19-12-16/h3-4,8,12,15,17-18H,5-7,9-11,13-14H2,1-2H3/t17-,18-/m1/s1. The summed E-state index contributed by atoms with van der Waals surface area (Å²) in [5.74, 6) is 0.835. The number of fused-ring (bicyclic) bond motifs is 1. The van der Waals surface area contributed by atoms with E-state index in [1.807, 2.05) is 12.3 Å². The van der Waals surface area contributed by atoms with Crippen LogP contribution in [0.4, 0.5) is 0 Å². The fourth-order valence-corrected chi connectivity index (χ4v) is 6.13. The normalized spacial score (nSPS) is 28.0. The highest BCUT2D eigenvalue weighted by atomic mass is 32.2. The Morgan fingerprint density at radius 1 is 1.29 bits per heavy atom. The summed E-state index contributed by atoms with van der Waals surface area (Å²) in [7, 11) is -3.11.